The smallest absolute Gasteiger partial charge is 0.342 e. The van der Waals surface area contributed by atoms with Gasteiger partial charge in [-0.2, -0.15) is 0 Å². The van der Waals surface area contributed by atoms with Gasteiger partial charge < -0.3 is 5.11 Å². The SMILES string of the molecule is Cc1cc(C(=O)O)c([N+](=O)[O-])cc1Cc1cccc([N+](=O)[O-])c1. The topological polar surface area (TPSA) is 124 Å². The van der Waals surface area contributed by atoms with Gasteiger partial charge in [0.2, 0.25) is 0 Å². The van der Waals surface area contributed by atoms with Crippen LogP contribution in [0.5, 0.6) is 0 Å². The first-order valence-electron chi connectivity index (χ1n) is 6.54. The summed E-state index contributed by atoms with van der Waals surface area (Å²) in [6.07, 6.45) is 0.230. The largest absolute Gasteiger partial charge is 0.477 e. The van der Waals surface area contributed by atoms with Crippen LogP contribution in [-0.2, 0) is 6.42 Å². The predicted octanol–water partition coefficient (Wildman–Crippen LogP) is 3.10. The van der Waals surface area contributed by atoms with Crippen LogP contribution in [0.15, 0.2) is 36.4 Å². The van der Waals surface area contributed by atoms with E-state index in [9.17, 15) is 25.0 Å². The minimum Gasteiger partial charge on any atom is -0.477 e. The van der Waals surface area contributed by atoms with Crippen molar-refractivity contribution in [2.75, 3.05) is 0 Å². The molecule has 0 bridgehead atoms. The quantitative estimate of drug-likeness (QED) is 0.667. The van der Waals surface area contributed by atoms with Crippen molar-refractivity contribution in [3.05, 3.63) is 78.9 Å². The van der Waals surface area contributed by atoms with Gasteiger partial charge in [-0.1, -0.05) is 12.1 Å². The van der Waals surface area contributed by atoms with Crippen molar-refractivity contribution in [1.29, 1.82) is 0 Å². The Labute approximate surface area is 130 Å². The molecule has 0 atom stereocenters. The molecule has 0 aliphatic heterocycles. The van der Waals surface area contributed by atoms with Gasteiger partial charge in [-0.05, 0) is 36.1 Å². The molecule has 23 heavy (non-hydrogen) atoms. The normalized spacial score (nSPS) is 10.3. The zero-order valence-corrected chi connectivity index (χ0v) is 12.1. The van der Waals surface area contributed by atoms with E-state index in [4.69, 9.17) is 5.11 Å². The molecule has 0 aromatic heterocycles. The molecule has 118 valence electrons. The van der Waals surface area contributed by atoms with Gasteiger partial charge in [0, 0.05) is 18.2 Å². The van der Waals surface area contributed by atoms with Gasteiger partial charge in [0.05, 0.1) is 9.85 Å². The molecule has 0 amide bonds. The molecule has 2 aromatic rings. The summed E-state index contributed by atoms with van der Waals surface area (Å²) in [4.78, 5) is 31.6. The van der Waals surface area contributed by atoms with Crippen LogP contribution in [0.3, 0.4) is 0 Å². The molecule has 0 fully saturated rings. The summed E-state index contributed by atoms with van der Waals surface area (Å²) in [6.45, 7) is 1.64. The van der Waals surface area contributed by atoms with Gasteiger partial charge in [0.1, 0.15) is 5.56 Å². The van der Waals surface area contributed by atoms with Crippen molar-refractivity contribution in [3.63, 3.8) is 0 Å². The number of non-ortho nitro benzene ring substituents is 1. The maximum absolute atomic E-state index is 11.1. The van der Waals surface area contributed by atoms with E-state index in [1.165, 1.54) is 30.3 Å². The Morgan fingerprint density at radius 1 is 1.13 bits per heavy atom. The molecule has 0 radical (unpaired) electrons. The zero-order chi connectivity index (χ0) is 17.1. The molecule has 8 heteroatoms. The molecule has 2 rings (SSSR count). The summed E-state index contributed by atoms with van der Waals surface area (Å²) in [5.41, 5.74) is 0.775. The lowest BCUT2D eigenvalue weighted by Crippen LogP contribution is -2.05. The minimum atomic E-state index is -1.37. The maximum atomic E-state index is 11.1. The van der Waals surface area contributed by atoms with E-state index in [2.05, 4.69) is 0 Å². The summed E-state index contributed by atoms with van der Waals surface area (Å²) < 4.78 is 0. The molecular weight excluding hydrogens is 304 g/mol. The third kappa shape index (κ3) is 3.49. The van der Waals surface area contributed by atoms with E-state index in [0.717, 1.165) is 0 Å². The minimum absolute atomic E-state index is 0.0724. The fourth-order valence-electron chi connectivity index (χ4n) is 2.25. The molecule has 0 unspecified atom stereocenters. The number of aryl methyl sites for hydroxylation is 1. The van der Waals surface area contributed by atoms with Gasteiger partial charge in [0.15, 0.2) is 0 Å². The Kier molecular flexibility index (Phi) is 4.35. The highest BCUT2D eigenvalue weighted by atomic mass is 16.6. The molecule has 0 heterocycles. The van der Waals surface area contributed by atoms with Crippen molar-refractivity contribution >= 4 is 17.3 Å². The number of hydrogen-bond donors (Lipinski definition) is 1. The Bertz CT molecular complexity index is 816. The molecule has 0 aliphatic carbocycles. The Balaban J connectivity index is 2.46. The summed E-state index contributed by atoms with van der Waals surface area (Å²) in [5.74, 6) is -1.37. The first-order valence-corrected chi connectivity index (χ1v) is 6.54. The molecule has 0 saturated carbocycles. The number of carbonyl (C=O) groups is 1. The van der Waals surface area contributed by atoms with Crippen molar-refractivity contribution in [2.45, 2.75) is 13.3 Å². The van der Waals surface area contributed by atoms with Crippen molar-refractivity contribution in [1.82, 2.24) is 0 Å². The van der Waals surface area contributed by atoms with Crippen molar-refractivity contribution in [2.24, 2.45) is 0 Å². The molecular formula is C15H12N2O6. The van der Waals surface area contributed by atoms with E-state index in [0.29, 0.717) is 16.7 Å². The molecule has 0 saturated heterocycles. The second-order valence-electron chi connectivity index (χ2n) is 4.96. The lowest BCUT2D eigenvalue weighted by Gasteiger charge is -2.08. The lowest BCUT2D eigenvalue weighted by atomic mass is 9.97. The number of carboxylic acids is 1. The van der Waals surface area contributed by atoms with E-state index in [1.807, 2.05) is 0 Å². The fraction of sp³-hybridized carbons (Fsp3) is 0.133. The van der Waals surface area contributed by atoms with E-state index in [1.54, 1.807) is 13.0 Å². The number of nitro groups is 2. The average Bonchev–Trinajstić information content (AvgIpc) is 2.48. The second-order valence-corrected chi connectivity index (χ2v) is 4.96. The van der Waals surface area contributed by atoms with Crippen LogP contribution < -0.4 is 0 Å². The highest BCUT2D eigenvalue weighted by Gasteiger charge is 2.22. The van der Waals surface area contributed by atoms with Crippen LogP contribution >= 0.6 is 0 Å². The first kappa shape index (κ1) is 16.1. The van der Waals surface area contributed by atoms with Gasteiger partial charge in [-0.25, -0.2) is 4.79 Å². The van der Waals surface area contributed by atoms with Gasteiger partial charge in [-0.15, -0.1) is 0 Å². The predicted molar refractivity (Wildman–Crippen MR) is 80.7 cm³/mol. The van der Waals surface area contributed by atoms with Crippen LogP contribution in [0.25, 0.3) is 0 Å². The number of aromatic carboxylic acids is 1. The fourth-order valence-corrected chi connectivity index (χ4v) is 2.25. The first-order chi connectivity index (χ1) is 10.8. The average molecular weight is 316 g/mol. The van der Waals surface area contributed by atoms with Crippen molar-refractivity contribution < 1.29 is 19.7 Å². The van der Waals surface area contributed by atoms with E-state index >= 15 is 0 Å². The van der Waals surface area contributed by atoms with Crippen LogP contribution in [0.1, 0.15) is 27.0 Å². The summed E-state index contributed by atoms with van der Waals surface area (Å²) in [7, 11) is 0. The molecule has 0 spiro atoms. The van der Waals surface area contributed by atoms with Gasteiger partial charge in [0.25, 0.3) is 11.4 Å². The number of rotatable bonds is 5. The third-order valence-corrected chi connectivity index (χ3v) is 3.40. The van der Waals surface area contributed by atoms with Crippen LogP contribution in [0.2, 0.25) is 0 Å². The monoisotopic (exact) mass is 316 g/mol. The number of hydrogen-bond acceptors (Lipinski definition) is 5. The standard InChI is InChI=1S/C15H12N2O6/c1-9-5-13(15(18)19)14(17(22)23)8-11(9)6-10-3-2-4-12(7-10)16(20)21/h2-5,7-8H,6H2,1H3,(H,18,19). The maximum Gasteiger partial charge on any atom is 0.342 e. The van der Waals surface area contributed by atoms with Gasteiger partial charge in [-0.3, -0.25) is 20.2 Å². The van der Waals surface area contributed by atoms with Gasteiger partial charge >= 0.3 is 5.97 Å². The third-order valence-electron chi connectivity index (χ3n) is 3.40. The van der Waals surface area contributed by atoms with E-state index < -0.39 is 21.5 Å². The number of nitrogens with zero attached hydrogens (tertiary/aromatic N) is 2. The highest BCUT2D eigenvalue weighted by molar-refractivity contribution is 5.92. The van der Waals surface area contributed by atoms with E-state index in [-0.39, 0.29) is 17.7 Å². The number of carboxylic acid groups (broad SMARTS) is 1. The summed E-state index contributed by atoms with van der Waals surface area (Å²) in [6, 6.07) is 8.39. The molecule has 0 aliphatic rings. The number of benzene rings is 2. The summed E-state index contributed by atoms with van der Waals surface area (Å²) in [5, 5.41) is 30.9. The lowest BCUT2D eigenvalue weighted by molar-refractivity contribution is -0.385. The Hall–Kier alpha value is -3.29. The molecule has 8 nitrogen and oxygen atoms in total. The van der Waals surface area contributed by atoms with Crippen LogP contribution in [0, 0.1) is 27.2 Å². The van der Waals surface area contributed by atoms with Crippen molar-refractivity contribution in [3.8, 4) is 0 Å². The Morgan fingerprint density at radius 2 is 1.83 bits per heavy atom. The van der Waals surface area contributed by atoms with Crippen LogP contribution in [-0.4, -0.2) is 20.9 Å². The summed E-state index contributed by atoms with van der Waals surface area (Å²) >= 11 is 0. The molecule has 1 N–H and O–H groups in total. The second kappa shape index (κ2) is 6.22. The Morgan fingerprint density at radius 3 is 2.39 bits per heavy atom. The van der Waals surface area contributed by atoms with Crippen LogP contribution in [0.4, 0.5) is 11.4 Å². The number of nitro benzene ring substituents is 2. The highest BCUT2D eigenvalue weighted by Crippen LogP contribution is 2.26. The molecule has 2 aromatic carbocycles. The zero-order valence-electron chi connectivity index (χ0n) is 12.1.